The molecule has 5 nitrogen and oxygen atoms in total. The van der Waals surface area contributed by atoms with Crippen molar-refractivity contribution in [3.05, 3.63) is 0 Å². The van der Waals surface area contributed by atoms with Gasteiger partial charge < -0.3 is 5.11 Å². The lowest BCUT2D eigenvalue weighted by Crippen LogP contribution is -2.25. The zero-order valence-electron chi connectivity index (χ0n) is 6.03. The third-order valence-electron chi connectivity index (χ3n) is 1.65. The summed E-state index contributed by atoms with van der Waals surface area (Å²) in [5.74, 6) is -2.17. The summed E-state index contributed by atoms with van der Waals surface area (Å²) in [6, 6.07) is 0. The van der Waals surface area contributed by atoms with Crippen LogP contribution in [0.4, 0.5) is 0 Å². The van der Waals surface area contributed by atoms with Gasteiger partial charge in [-0.1, -0.05) is 0 Å². The Labute approximate surface area is 63.3 Å². The van der Waals surface area contributed by atoms with E-state index in [1.165, 1.54) is 7.11 Å². The molecule has 62 valence electrons. The molecule has 1 rings (SSSR count). The van der Waals surface area contributed by atoms with Crippen LogP contribution in [0, 0.1) is 11.8 Å². The first-order chi connectivity index (χ1) is 5.16. The van der Waals surface area contributed by atoms with Crippen LogP contribution in [-0.4, -0.2) is 24.1 Å². The number of hydrogen-bond acceptors (Lipinski definition) is 3. The normalized spacial score (nSPS) is 27.7. The van der Waals surface area contributed by atoms with E-state index in [1.807, 2.05) is 0 Å². The van der Waals surface area contributed by atoms with Gasteiger partial charge in [0.2, 0.25) is 5.91 Å². The second-order valence-electron chi connectivity index (χ2n) is 2.46. The topological polar surface area (TPSA) is 75.6 Å². The average molecular weight is 159 g/mol. The van der Waals surface area contributed by atoms with Crippen LogP contribution in [0.2, 0.25) is 0 Å². The molecule has 1 aliphatic rings. The number of carboxylic acids is 1. The minimum absolute atomic E-state index is 0.347. The number of rotatable bonds is 3. The van der Waals surface area contributed by atoms with Crippen molar-refractivity contribution in [3.63, 3.8) is 0 Å². The Bertz CT molecular complexity index is 191. The minimum Gasteiger partial charge on any atom is -0.481 e. The molecule has 11 heavy (non-hydrogen) atoms. The largest absolute Gasteiger partial charge is 0.481 e. The van der Waals surface area contributed by atoms with Gasteiger partial charge >= 0.3 is 5.97 Å². The summed E-state index contributed by atoms with van der Waals surface area (Å²) in [6.07, 6.45) is 0.421. The van der Waals surface area contributed by atoms with Gasteiger partial charge in [-0.15, -0.1) is 0 Å². The molecule has 1 saturated carbocycles. The van der Waals surface area contributed by atoms with E-state index >= 15 is 0 Å². The standard InChI is InChI=1S/C6H9NO4/c1-11-7-5(8)3-2-4(3)6(9)10/h3-4H,2H2,1H3,(H,7,8)(H,9,10). The summed E-state index contributed by atoms with van der Waals surface area (Å²) in [6.45, 7) is 0. The lowest BCUT2D eigenvalue weighted by Gasteiger charge is -1.97. The first-order valence-corrected chi connectivity index (χ1v) is 3.22. The minimum atomic E-state index is -0.916. The molecule has 2 atom stereocenters. The number of carboxylic acid groups (broad SMARTS) is 1. The molecule has 1 fully saturated rings. The number of amides is 1. The molecule has 0 aromatic rings. The summed E-state index contributed by atoms with van der Waals surface area (Å²) in [4.78, 5) is 25.4. The van der Waals surface area contributed by atoms with E-state index in [4.69, 9.17) is 5.11 Å². The lowest BCUT2D eigenvalue weighted by atomic mass is 10.3. The van der Waals surface area contributed by atoms with Crippen molar-refractivity contribution in [2.75, 3.05) is 7.11 Å². The molecule has 1 aliphatic carbocycles. The molecule has 1 amide bonds. The highest BCUT2D eigenvalue weighted by molar-refractivity contribution is 5.88. The van der Waals surface area contributed by atoms with Crippen LogP contribution in [0.5, 0.6) is 0 Å². The zero-order valence-corrected chi connectivity index (χ0v) is 6.03. The van der Waals surface area contributed by atoms with E-state index in [0.29, 0.717) is 6.42 Å². The number of carbonyl (C=O) groups excluding carboxylic acids is 1. The molecule has 2 unspecified atom stereocenters. The number of nitrogens with one attached hydrogen (secondary N) is 1. The predicted molar refractivity (Wildman–Crippen MR) is 34.4 cm³/mol. The highest BCUT2D eigenvalue weighted by Gasteiger charge is 2.48. The SMILES string of the molecule is CONC(=O)C1CC1C(=O)O. The van der Waals surface area contributed by atoms with E-state index < -0.39 is 17.8 Å². The van der Waals surface area contributed by atoms with Gasteiger partial charge in [0.25, 0.3) is 0 Å². The summed E-state index contributed by atoms with van der Waals surface area (Å²) in [7, 11) is 1.32. The average Bonchev–Trinajstić information content (AvgIpc) is 2.65. The molecule has 0 heterocycles. The van der Waals surface area contributed by atoms with E-state index in [9.17, 15) is 9.59 Å². The third kappa shape index (κ3) is 1.68. The smallest absolute Gasteiger partial charge is 0.307 e. The molecular formula is C6H9NO4. The lowest BCUT2D eigenvalue weighted by molar-refractivity contribution is -0.141. The summed E-state index contributed by atoms with van der Waals surface area (Å²) in [5.41, 5.74) is 2.09. The van der Waals surface area contributed by atoms with Crippen molar-refractivity contribution in [2.45, 2.75) is 6.42 Å². The van der Waals surface area contributed by atoms with E-state index in [0.717, 1.165) is 0 Å². The maximum absolute atomic E-state index is 10.8. The first-order valence-electron chi connectivity index (χ1n) is 3.22. The molecular weight excluding hydrogens is 150 g/mol. The van der Waals surface area contributed by atoms with Gasteiger partial charge in [-0.25, -0.2) is 5.48 Å². The Morgan fingerprint density at radius 2 is 2.18 bits per heavy atom. The van der Waals surface area contributed by atoms with Gasteiger partial charge in [-0.2, -0.15) is 0 Å². The van der Waals surface area contributed by atoms with Crippen molar-refractivity contribution >= 4 is 11.9 Å². The quantitative estimate of drug-likeness (QED) is 0.538. The van der Waals surface area contributed by atoms with Crippen LogP contribution in [0.3, 0.4) is 0 Å². The van der Waals surface area contributed by atoms with E-state index in [-0.39, 0.29) is 5.91 Å². The Balaban J connectivity index is 2.32. The monoisotopic (exact) mass is 159 g/mol. The Morgan fingerprint density at radius 3 is 2.55 bits per heavy atom. The molecule has 5 heteroatoms. The molecule has 0 radical (unpaired) electrons. The van der Waals surface area contributed by atoms with Gasteiger partial charge in [-0.05, 0) is 6.42 Å². The van der Waals surface area contributed by atoms with Gasteiger partial charge in [0.1, 0.15) is 0 Å². The maximum Gasteiger partial charge on any atom is 0.307 e. The highest BCUT2D eigenvalue weighted by Crippen LogP contribution is 2.38. The molecule has 0 saturated heterocycles. The second-order valence-corrected chi connectivity index (χ2v) is 2.46. The fourth-order valence-electron chi connectivity index (χ4n) is 0.934. The molecule has 0 spiro atoms. The summed E-state index contributed by atoms with van der Waals surface area (Å²) in [5, 5.41) is 8.42. The molecule has 0 bridgehead atoms. The van der Waals surface area contributed by atoms with Crippen LogP contribution >= 0.6 is 0 Å². The Morgan fingerprint density at radius 1 is 1.55 bits per heavy atom. The van der Waals surface area contributed by atoms with Crippen LogP contribution in [0.25, 0.3) is 0 Å². The molecule has 0 aliphatic heterocycles. The van der Waals surface area contributed by atoms with Gasteiger partial charge in [-0.3, -0.25) is 14.4 Å². The number of hydrogen-bond donors (Lipinski definition) is 2. The third-order valence-corrected chi connectivity index (χ3v) is 1.65. The van der Waals surface area contributed by atoms with Gasteiger partial charge in [0.05, 0.1) is 18.9 Å². The number of aliphatic carboxylic acids is 1. The van der Waals surface area contributed by atoms with Crippen molar-refractivity contribution in [3.8, 4) is 0 Å². The van der Waals surface area contributed by atoms with Crippen LogP contribution in [0.15, 0.2) is 0 Å². The van der Waals surface area contributed by atoms with Gasteiger partial charge in [0.15, 0.2) is 0 Å². The van der Waals surface area contributed by atoms with Crippen LogP contribution < -0.4 is 5.48 Å². The highest BCUT2D eigenvalue weighted by atomic mass is 16.6. The Kier molecular flexibility index (Phi) is 2.09. The van der Waals surface area contributed by atoms with E-state index in [2.05, 4.69) is 10.3 Å². The zero-order chi connectivity index (χ0) is 8.43. The van der Waals surface area contributed by atoms with Crippen molar-refractivity contribution in [2.24, 2.45) is 11.8 Å². The first kappa shape index (κ1) is 8.00. The van der Waals surface area contributed by atoms with Crippen molar-refractivity contribution < 1.29 is 19.5 Å². The second kappa shape index (κ2) is 2.87. The van der Waals surface area contributed by atoms with Crippen molar-refractivity contribution in [1.82, 2.24) is 5.48 Å². The molecule has 2 N–H and O–H groups in total. The molecule has 0 aromatic carbocycles. The Hall–Kier alpha value is -1.10. The number of hydroxylamine groups is 1. The van der Waals surface area contributed by atoms with Crippen molar-refractivity contribution in [1.29, 1.82) is 0 Å². The fourth-order valence-corrected chi connectivity index (χ4v) is 0.934. The van der Waals surface area contributed by atoms with Crippen LogP contribution in [-0.2, 0) is 14.4 Å². The maximum atomic E-state index is 10.8. The fraction of sp³-hybridized carbons (Fsp3) is 0.667. The number of carbonyl (C=O) groups is 2. The predicted octanol–water partition coefficient (Wildman–Crippen LogP) is -0.615. The van der Waals surface area contributed by atoms with Gasteiger partial charge in [0, 0.05) is 0 Å². The molecule has 0 aromatic heterocycles. The summed E-state index contributed by atoms with van der Waals surface area (Å²) >= 11 is 0. The van der Waals surface area contributed by atoms with E-state index in [1.54, 1.807) is 0 Å². The van der Waals surface area contributed by atoms with Crippen LogP contribution in [0.1, 0.15) is 6.42 Å². The summed E-state index contributed by atoms with van der Waals surface area (Å²) < 4.78 is 0.